The summed E-state index contributed by atoms with van der Waals surface area (Å²) in [5.74, 6) is 0. The van der Waals surface area contributed by atoms with Gasteiger partial charge in [0.05, 0.1) is 0 Å². The highest BCUT2D eigenvalue weighted by molar-refractivity contribution is 6.62. The van der Waals surface area contributed by atoms with Gasteiger partial charge in [-0.3, -0.25) is 0 Å². The predicted octanol–water partition coefficient (Wildman–Crippen LogP) is 3.47. The zero-order valence-electron chi connectivity index (χ0n) is 13.3. The summed E-state index contributed by atoms with van der Waals surface area (Å²) in [5, 5.41) is 1.25. The van der Waals surface area contributed by atoms with Crippen molar-refractivity contribution in [3.05, 3.63) is 53.6 Å². The van der Waals surface area contributed by atoms with Crippen molar-refractivity contribution in [2.24, 2.45) is 0 Å². The summed E-state index contributed by atoms with van der Waals surface area (Å²) in [6.07, 6.45) is 0. The molecule has 0 radical (unpaired) electrons. The molecule has 0 aromatic heterocycles. The standard InChI is InChI=1S/C18H24O2Si/c1-5-19-21(20-6-2)18-13-9-12-17(15(18)4)16-11-8-7-10-14(16)3/h7-13,21H,5-6H2,1-4H3. The third-order valence-corrected chi connectivity index (χ3v) is 6.11. The van der Waals surface area contributed by atoms with Crippen LogP contribution in [0.25, 0.3) is 11.1 Å². The minimum Gasteiger partial charge on any atom is -0.394 e. The Bertz CT molecular complexity index is 590. The Labute approximate surface area is 129 Å². The molecule has 0 heterocycles. The summed E-state index contributed by atoms with van der Waals surface area (Å²) in [6.45, 7) is 9.78. The Morgan fingerprint density at radius 1 is 0.810 bits per heavy atom. The molecule has 0 bridgehead atoms. The number of aryl methyl sites for hydroxylation is 1. The van der Waals surface area contributed by atoms with Gasteiger partial charge in [-0.1, -0.05) is 42.5 Å². The van der Waals surface area contributed by atoms with Gasteiger partial charge >= 0.3 is 9.28 Å². The van der Waals surface area contributed by atoms with E-state index in [1.165, 1.54) is 27.4 Å². The van der Waals surface area contributed by atoms with E-state index in [4.69, 9.17) is 8.85 Å². The molecular weight excluding hydrogens is 276 g/mol. The van der Waals surface area contributed by atoms with Crippen LogP contribution in [0.1, 0.15) is 25.0 Å². The van der Waals surface area contributed by atoms with Gasteiger partial charge in [0.15, 0.2) is 0 Å². The molecule has 2 rings (SSSR count). The van der Waals surface area contributed by atoms with Gasteiger partial charge in [0.2, 0.25) is 0 Å². The monoisotopic (exact) mass is 300 g/mol. The van der Waals surface area contributed by atoms with Crippen LogP contribution in [0.5, 0.6) is 0 Å². The average Bonchev–Trinajstić information content (AvgIpc) is 2.48. The number of hydrogen-bond acceptors (Lipinski definition) is 2. The lowest BCUT2D eigenvalue weighted by Gasteiger charge is -2.19. The maximum atomic E-state index is 5.89. The molecule has 0 aliphatic heterocycles. The van der Waals surface area contributed by atoms with E-state index in [1.807, 2.05) is 13.8 Å². The van der Waals surface area contributed by atoms with Gasteiger partial charge in [0.1, 0.15) is 0 Å². The van der Waals surface area contributed by atoms with E-state index in [2.05, 4.69) is 56.3 Å². The van der Waals surface area contributed by atoms with E-state index in [-0.39, 0.29) is 0 Å². The topological polar surface area (TPSA) is 18.5 Å². The second kappa shape index (κ2) is 7.55. The van der Waals surface area contributed by atoms with Crippen LogP contribution in [0, 0.1) is 13.8 Å². The first-order valence-electron chi connectivity index (χ1n) is 7.57. The maximum absolute atomic E-state index is 5.89. The zero-order valence-corrected chi connectivity index (χ0v) is 14.5. The smallest absolute Gasteiger partial charge is 0.356 e. The molecule has 0 N–H and O–H groups in total. The molecule has 0 unspecified atom stereocenters. The fourth-order valence-corrected chi connectivity index (χ4v) is 4.44. The van der Waals surface area contributed by atoms with Crippen molar-refractivity contribution in [3.63, 3.8) is 0 Å². The molecular formula is C18H24O2Si. The summed E-state index contributed by atoms with van der Waals surface area (Å²) in [4.78, 5) is 0. The van der Waals surface area contributed by atoms with Crippen molar-refractivity contribution < 1.29 is 8.85 Å². The molecule has 0 spiro atoms. The Kier molecular flexibility index (Phi) is 5.73. The van der Waals surface area contributed by atoms with Gasteiger partial charge in [-0.25, -0.2) is 0 Å². The van der Waals surface area contributed by atoms with Crippen LogP contribution >= 0.6 is 0 Å². The van der Waals surface area contributed by atoms with Gasteiger partial charge in [0.25, 0.3) is 0 Å². The van der Waals surface area contributed by atoms with Gasteiger partial charge < -0.3 is 8.85 Å². The lowest BCUT2D eigenvalue weighted by molar-refractivity contribution is 0.225. The van der Waals surface area contributed by atoms with Crippen LogP contribution in [0.15, 0.2) is 42.5 Å². The van der Waals surface area contributed by atoms with Crippen molar-refractivity contribution in [2.75, 3.05) is 13.2 Å². The van der Waals surface area contributed by atoms with Crippen LogP contribution in [0.4, 0.5) is 0 Å². The molecule has 2 aromatic rings. The van der Waals surface area contributed by atoms with Crippen LogP contribution < -0.4 is 5.19 Å². The molecule has 0 fully saturated rings. The van der Waals surface area contributed by atoms with E-state index in [9.17, 15) is 0 Å². The third kappa shape index (κ3) is 3.62. The van der Waals surface area contributed by atoms with Gasteiger partial charge in [-0.15, -0.1) is 0 Å². The lowest BCUT2D eigenvalue weighted by atomic mass is 9.97. The first-order valence-corrected chi connectivity index (χ1v) is 9.09. The number of hydrogen-bond donors (Lipinski definition) is 0. The van der Waals surface area contributed by atoms with Gasteiger partial charge in [-0.05, 0) is 55.1 Å². The highest BCUT2D eigenvalue weighted by atomic mass is 28.3. The first kappa shape index (κ1) is 16.0. The van der Waals surface area contributed by atoms with E-state index in [1.54, 1.807) is 0 Å². The van der Waals surface area contributed by atoms with Crippen molar-refractivity contribution in [2.45, 2.75) is 27.7 Å². The summed E-state index contributed by atoms with van der Waals surface area (Å²) in [5.41, 5.74) is 5.15. The van der Waals surface area contributed by atoms with E-state index in [0.29, 0.717) is 13.2 Å². The van der Waals surface area contributed by atoms with E-state index >= 15 is 0 Å². The molecule has 2 nitrogen and oxygen atoms in total. The quantitative estimate of drug-likeness (QED) is 0.761. The Balaban J connectivity index is 2.47. The Morgan fingerprint density at radius 3 is 2.05 bits per heavy atom. The van der Waals surface area contributed by atoms with Crippen molar-refractivity contribution in [1.82, 2.24) is 0 Å². The summed E-state index contributed by atoms with van der Waals surface area (Å²) in [6, 6.07) is 15.0. The van der Waals surface area contributed by atoms with E-state index in [0.717, 1.165) is 0 Å². The third-order valence-electron chi connectivity index (χ3n) is 3.70. The molecule has 0 amide bonds. The van der Waals surface area contributed by atoms with Gasteiger partial charge in [0, 0.05) is 13.2 Å². The lowest BCUT2D eigenvalue weighted by Crippen LogP contribution is -2.38. The van der Waals surface area contributed by atoms with Crippen LogP contribution in [0.2, 0.25) is 0 Å². The van der Waals surface area contributed by atoms with E-state index < -0.39 is 9.28 Å². The Hall–Kier alpha value is -1.42. The van der Waals surface area contributed by atoms with Gasteiger partial charge in [-0.2, -0.15) is 0 Å². The predicted molar refractivity (Wildman–Crippen MR) is 91.4 cm³/mol. The molecule has 0 aliphatic rings. The fraction of sp³-hybridized carbons (Fsp3) is 0.333. The maximum Gasteiger partial charge on any atom is 0.356 e. The van der Waals surface area contributed by atoms with Crippen molar-refractivity contribution >= 4 is 14.5 Å². The second-order valence-electron chi connectivity index (χ2n) is 5.08. The van der Waals surface area contributed by atoms with Crippen LogP contribution in [-0.4, -0.2) is 22.5 Å². The molecule has 21 heavy (non-hydrogen) atoms. The number of rotatable bonds is 6. The molecule has 0 aliphatic carbocycles. The minimum atomic E-state index is -1.80. The minimum absolute atomic E-state index is 0.699. The average molecular weight is 300 g/mol. The molecule has 0 saturated heterocycles. The molecule has 0 atom stereocenters. The first-order chi connectivity index (χ1) is 10.2. The number of benzene rings is 2. The second-order valence-corrected chi connectivity index (χ2v) is 7.03. The molecule has 2 aromatic carbocycles. The normalized spacial score (nSPS) is 11.1. The highest BCUT2D eigenvalue weighted by Crippen LogP contribution is 2.25. The Morgan fingerprint density at radius 2 is 1.43 bits per heavy atom. The largest absolute Gasteiger partial charge is 0.394 e. The molecule has 3 heteroatoms. The summed E-state index contributed by atoms with van der Waals surface area (Å²) in [7, 11) is -1.80. The summed E-state index contributed by atoms with van der Waals surface area (Å²) >= 11 is 0. The van der Waals surface area contributed by atoms with Crippen LogP contribution in [-0.2, 0) is 8.85 Å². The summed E-state index contributed by atoms with van der Waals surface area (Å²) < 4.78 is 11.8. The van der Waals surface area contributed by atoms with Crippen LogP contribution in [0.3, 0.4) is 0 Å². The van der Waals surface area contributed by atoms with Crippen molar-refractivity contribution in [1.29, 1.82) is 0 Å². The molecule has 0 saturated carbocycles. The molecule has 112 valence electrons. The fourth-order valence-electron chi connectivity index (χ4n) is 2.61. The van der Waals surface area contributed by atoms with Crippen molar-refractivity contribution in [3.8, 4) is 11.1 Å². The SMILES string of the molecule is CCO[SiH](OCC)c1cccc(-c2ccccc2C)c1C. The zero-order chi connectivity index (χ0) is 15.2. The highest BCUT2D eigenvalue weighted by Gasteiger charge is 2.20.